The van der Waals surface area contributed by atoms with Gasteiger partial charge >= 0.3 is 0 Å². The number of carbonyl (C=O) groups is 1. The molecule has 1 aliphatic carbocycles. The van der Waals surface area contributed by atoms with Crippen LogP contribution in [0.2, 0.25) is 0 Å². The number of halogens is 1. The second-order valence-corrected chi connectivity index (χ2v) is 2.93. The van der Waals surface area contributed by atoms with E-state index < -0.39 is 0 Å². The molecule has 1 N–H and O–H groups in total. The SMILES string of the molecule is O=C(CCl)NC1C=CCCC1. The minimum absolute atomic E-state index is 0.0599. The van der Waals surface area contributed by atoms with Crippen molar-refractivity contribution in [2.75, 3.05) is 5.88 Å². The van der Waals surface area contributed by atoms with Crippen LogP contribution < -0.4 is 5.32 Å². The monoisotopic (exact) mass is 173 g/mol. The molecule has 0 fully saturated rings. The summed E-state index contributed by atoms with van der Waals surface area (Å²) in [6, 6.07) is 0.218. The first-order chi connectivity index (χ1) is 5.33. The van der Waals surface area contributed by atoms with Gasteiger partial charge in [-0.1, -0.05) is 12.2 Å². The number of allylic oxidation sites excluding steroid dienone is 1. The normalized spacial score (nSPS) is 23.2. The Labute approximate surface area is 71.6 Å². The van der Waals surface area contributed by atoms with Gasteiger partial charge in [-0.15, -0.1) is 11.6 Å². The van der Waals surface area contributed by atoms with E-state index in [0.717, 1.165) is 19.3 Å². The fraction of sp³-hybridized carbons (Fsp3) is 0.625. The molecular formula is C8H12ClNO. The van der Waals surface area contributed by atoms with Gasteiger partial charge in [0, 0.05) is 6.04 Å². The predicted octanol–water partition coefficient (Wildman–Crippen LogP) is 1.45. The van der Waals surface area contributed by atoms with Crippen LogP contribution in [0.5, 0.6) is 0 Å². The number of hydrogen-bond acceptors (Lipinski definition) is 1. The van der Waals surface area contributed by atoms with E-state index >= 15 is 0 Å². The van der Waals surface area contributed by atoms with E-state index in [-0.39, 0.29) is 17.8 Å². The molecule has 0 spiro atoms. The minimum atomic E-state index is -0.0804. The van der Waals surface area contributed by atoms with Crippen molar-refractivity contribution < 1.29 is 4.79 Å². The van der Waals surface area contributed by atoms with Crippen LogP contribution in [0.1, 0.15) is 19.3 Å². The fourth-order valence-corrected chi connectivity index (χ4v) is 1.26. The molecule has 2 nitrogen and oxygen atoms in total. The fourth-order valence-electron chi connectivity index (χ4n) is 1.18. The Morgan fingerprint density at radius 3 is 3.09 bits per heavy atom. The van der Waals surface area contributed by atoms with E-state index in [0.29, 0.717) is 0 Å². The highest BCUT2D eigenvalue weighted by molar-refractivity contribution is 6.27. The highest BCUT2D eigenvalue weighted by Crippen LogP contribution is 2.09. The molecular weight excluding hydrogens is 162 g/mol. The first-order valence-electron chi connectivity index (χ1n) is 3.85. The Hall–Kier alpha value is -0.500. The standard InChI is InChI=1S/C8H12ClNO/c9-6-8(11)10-7-4-2-1-3-5-7/h2,4,7H,1,3,5-6H2,(H,10,11). The summed E-state index contributed by atoms with van der Waals surface area (Å²) in [6.07, 6.45) is 7.47. The van der Waals surface area contributed by atoms with Crippen LogP contribution >= 0.6 is 11.6 Å². The zero-order valence-electron chi connectivity index (χ0n) is 6.35. The van der Waals surface area contributed by atoms with Gasteiger partial charge in [0.1, 0.15) is 5.88 Å². The minimum Gasteiger partial charge on any atom is -0.349 e. The number of rotatable bonds is 2. The van der Waals surface area contributed by atoms with Crippen LogP contribution in [0.3, 0.4) is 0 Å². The quantitative estimate of drug-likeness (QED) is 0.497. The van der Waals surface area contributed by atoms with Gasteiger partial charge in [-0.2, -0.15) is 0 Å². The number of carbonyl (C=O) groups excluding carboxylic acids is 1. The molecule has 0 bridgehead atoms. The smallest absolute Gasteiger partial charge is 0.235 e. The van der Waals surface area contributed by atoms with E-state index in [9.17, 15) is 4.79 Å². The second-order valence-electron chi connectivity index (χ2n) is 2.67. The van der Waals surface area contributed by atoms with Crippen LogP contribution in [-0.2, 0) is 4.79 Å². The van der Waals surface area contributed by atoms with Crippen molar-refractivity contribution in [2.45, 2.75) is 25.3 Å². The summed E-state index contributed by atoms with van der Waals surface area (Å²) in [7, 11) is 0. The zero-order chi connectivity index (χ0) is 8.10. The number of nitrogens with one attached hydrogen (secondary N) is 1. The molecule has 0 aromatic heterocycles. The third kappa shape index (κ3) is 2.93. The maximum Gasteiger partial charge on any atom is 0.235 e. The van der Waals surface area contributed by atoms with Gasteiger partial charge in [-0.3, -0.25) is 4.79 Å². The lowest BCUT2D eigenvalue weighted by atomic mass is 10.0. The zero-order valence-corrected chi connectivity index (χ0v) is 7.10. The Bertz CT molecular complexity index is 167. The summed E-state index contributed by atoms with van der Waals surface area (Å²) in [5.41, 5.74) is 0. The first kappa shape index (κ1) is 8.60. The summed E-state index contributed by atoms with van der Waals surface area (Å²) >= 11 is 5.34. The first-order valence-corrected chi connectivity index (χ1v) is 4.38. The van der Waals surface area contributed by atoms with Gasteiger partial charge in [0.2, 0.25) is 5.91 Å². The van der Waals surface area contributed by atoms with Gasteiger partial charge in [0.25, 0.3) is 0 Å². The van der Waals surface area contributed by atoms with Gasteiger partial charge in [0.15, 0.2) is 0 Å². The van der Waals surface area contributed by atoms with E-state index in [1.165, 1.54) is 0 Å². The van der Waals surface area contributed by atoms with Crippen molar-refractivity contribution in [2.24, 2.45) is 0 Å². The lowest BCUT2D eigenvalue weighted by Crippen LogP contribution is -2.34. The van der Waals surface area contributed by atoms with Crippen molar-refractivity contribution >= 4 is 17.5 Å². The second kappa shape index (κ2) is 4.39. The van der Waals surface area contributed by atoms with Gasteiger partial charge in [-0.25, -0.2) is 0 Å². The molecule has 62 valence electrons. The van der Waals surface area contributed by atoms with Crippen molar-refractivity contribution in [3.63, 3.8) is 0 Å². The summed E-state index contributed by atoms with van der Waals surface area (Å²) < 4.78 is 0. The topological polar surface area (TPSA) is 29.1 Å². The summed E-state index contributed by atoms with van der Waals surface area (Å²) in [5.74, 6) is -0.0205. The van der Waals surface area contributed by atoms with Gasteiger partial charge < -0.3 is 5.32 Å². The molecule has 0 aliphatic heterocycles. The molecule has 1 rings (SSSR count). The van der Waals surface area contributed by atoms with E-state index in [1.54, 1.807) is 0 Å². The van der Waals surface area contributed by atoms with Crippen LogP contribution in [0, 0.1) is 0 Å². The molecule has 0 aromatic carbocycles. The number of amides is 1. The van der Waals surface area contributed by atoms with E-state index in [2.05, 4.69) is 11.4 Å². The van der Waals surface area contributed by atoms with Crippen molar-refractivity contribution in [1.29, 1.82) is 0 Å². The molecule has 1 aliphatic rings. The molecule has 0 saturated heterocycles. The summed E-state index contributed by atoms with van der Waals surface area (Å²) in [5, 5.41) is 2.81. The lowest BCUT2D eigenvalue weighted by Gasteiger charge is -2.16. The van der Waals surface area contributed by atoms with Crippen LogP contribution in [0.4, 0.5) is 0 Å². The maximum absolute atomic E-state index is 10.8. The van der Waals surface area contributed by atoms with Gasteiger partial charge in [-0.05, 0) is 19.3 Å². The van der Waals surface area contributed by atoms with Gasteiger partial charge in [0.05, 0.1) is 0 Å². The molecule has 1 atom stereocenters. The van der Waals surface area contributed by atoms with Crippen LogP contribution in [0.25, 0.3) is 0 Å². The Kier molecular flexibility index (Phi) is 3.43. The molecule has 11 heavy (non-hydrogen) atoms. The molecule has 0 heterocycles. The highest BCUT2D eigenvalue weighted by Gasteiger charge is 2.09. The van der Waals surface area contributed by atoms with Crippen molar-refractivity contribution in [3.05, 3.63) is 12.2 Å². The highest BCUT2D eigenvalue weighted by atomic mass is 35.5. The number of hydrogen-bond donors (Lipinski definition) is 1. The van der Waals surface area contributed by atoms with Crippen molar-refractivity contribution in [3.8, 4) is 0 Å². The largest absolute Gasteiger partial charge is 0.349 e. The average Bonchev–Trinajstić information content (AvgIpc) is 2.06. The molecule has 1 amide bonds. The Balaban J connectivity index is 2.30. The lowest BCUT2D eigenvalue weighted by molar-refractivity contribution is -0.119. The van der Waals surface area contributed by atoms with E-state index in [4.69, 9.17) is 11.6 Å². The molecule has 3 heteroatoms. The summed E-state index contributed by atoms with van der Waals surface area (Å²) in [4.78, 5) is 10.8. The average molecular weight is 174 g/mol. The van der Waals surface area contributed by atoms with Crippen molar-refractivity contribution in [1.82, 2.24) is 5.32 Å². The Morgan fingerprint density at radius 2 is 2.55 bits per heavy atom. The third-order valence-corrected chi connectivity index (χ3v) is 1.96. The maximum atomic E-state index is 10.8. The third-order valence-electron chi connectivity index (χ3n) is 1.72. The molecule has 0 aromatic rings. The predicted molar refractivity (Wildman–Crippen MR) is 45.6 cm³/mol. The molecule has 0 radical (unpaired) electrons. The van der Waals surface area contributed by atoms with Crippen LogP contribution in [0.15, 0.2) is 12.2 Å². The molecule has 0 saturated carbocycles. The summed E-state index contributed by atoms with van der Waals surface area (Å²) in [6.45, 7) is 0. The van der Waals surface area contributed by atoms with Crippen LogP contribution in [-0.4, -0.2) is 17.8 Å². The molecule has 1 unspecified atom stereocenters. The van der Waals surface area contributed by atoms with E-state index in [1.807, 2.05) is 6.08 Å². The number of alkyl halides is 1. The Morgan fingerprint density at radius 1 is 1.73 bits per heavy atom.